The Bertz CT molecular complexity index is 538. The highest BCUT2D eigenvalue weighted by molar-refractivity contribution is 7.09. The van der Waals surface area contributed by atoms with E-state index in [1.165, 1.54) is 11.3 Å². The Morgan fingerprint density at radius 3 is 2.94 bits per heavy atom. The molecule has 0 bridgehead atoms. The zero-order valence-electron chi connectivity index (χ0n) is 9.30. The van der Waals surface area contributed by atoms with Gasteiger partial charge in [-0.25, -0.2) is 9.97 Å². The van der Waals surface area contributed by atoms with Crippen molar-refractivity contribution in [1.29, 1.82) is 0 Å². The minimum atomic E-state index is -0.265. The van der Waals surface area contributed by atoms with Gasteiger partial charge in [0, 0.05) is 17.6 Å². The monoisotopic (exact) mass is 248 g/mol. The fourth-order valence-electron chi connectivity index (χ4n) is 1.30. The van der Waals surface area contributed by atoms with Crippen molar-refractivity contribution in [2.24, 2.45) is 5.73 Å². The third kappa shape index (κ3) is 2.86. The number of pyridine rings is 1. The number of amides is 1. The van der Waals surface area contributed by atoms with Crippen LogP contribution in [0.2, 0.25) is 0 Å². The Morgan fingerprint density at radius 2 is 2.29 bits per heavy atom. The molecule has 3 N–H and O–H groups in total. The number of aromatic nitrogens is 2. The van der Waals surface area contributed by atoms with Crippen LogP contribution in [0, 0.1) is 6.92 Å². The number of aryl methyl sites for hydroxylation is 1. The van der Waals surface area contributed by atoms with Gasteiger partial charge in [0.05, 0.1) is 0 Å². The van der Waals surface area contributed by atoms with Crippen LogP contribution in [-0.4, -0.2) is 15.9 Å². The molecule has 0 unspecified atom stereocenters. The molecule has 88 valence electrons. The molecule has 0 radical (unpaired) electrons. The summed E-state index contributed by atoms with van der Waals surface area (Å²) in [5.41, 5.74) is 6.66. The summed E-state index contributed by atoms with van der Waals surface area (Å²) in [5, 5.41) is 5.12. The van der Waals surface area contributed by atoms with Crippen LogP contribution in [0.15, 0.2) is 23.6 Å². The maximum atomic E-state index is 11.8. The second-order valence-electron chi connectivity index (χ2n) is 3.45. The quantitative estimate of drug-likeness (QED) is 0.863. The second-order valence-corrected chi connectivity index (χ2v) is 4.39. The summed E-state index contributed by atoms with van der Waals surface area (Å²) in [6.07, 6.45) is 0. The number of carbonyl (C=O) groups excluding carboxylic acids is 1. The molecule has 2 rings (SSSR count). The smallest absolute Gasteiger partial charge is 0.276 e. The number of nitrogens with zero attached hydrogens (tertiary/aromatic N) is 2. The topological polar surface area (TPSA) is 80.9 Å². The number of nitrogens with two attached hydrogens (primary N) is 1. The van der Waals surface area contributed by atoms with Gasteiger partial charge in [-0.1, -0.05) is 6.07 Å². The maximum absolute atomic E-state index is 11.8. The molecule has 0 fully saturated rings. The van der Waals surface area contributed by atoms with E-state index in [1.54, 1.807) is 11.4 Å². The van der Waals surface area contributed by atoms with E-state index in [4.69, 9.17) is 5.73 Å². The minimum absolute atomic E-state index is 0.265. The molecule has 5 nitrogen and oxygen atoms in total. The summed E-state index contributed by atoms with van der Waals surface area (Å²) in [6, 6.07) is 5.44. The van der Waals surface area contributed by atoms with Gasteiger partial charge in [0.1, 0.15) is 16.5 Å². The van der Waals surface area contributed by atoms with Gasteiger partial charge in [0.15, 0.2) is 0 Å². The van der Waals surface area contributed by atoms with Gasteiger partial charge >= 0.3 is 0 Å². The summed E-state index contributed by atoms with van der Waals surface area (Å²) in [5.74, 6) is 0.261. The van der Waals surface area contributed by atoms with Gasteiger partial charge in [-0.15, -0.1) is 11.3 Å². The van der Waals surface area contributed by atoms with E-state index in [9.17, 15) is 4.79 Å². The number of hydrogen-bond acceptors (Lipinski definition) is 5. The predicted molar refractivity (Wildman–Crippen MR) is 66.9 cm³/mol. The van der Waals surface area contributed by atoms with E-state index < -0.39 is 0 Å². The molecule has 0 spiro atoms. The molecule has 17 heavy (non-hydrogen) atoms. The molecular formula is C11H12N4OS. The number of hydrogen-bond donors (Lipinski definition) is 2. The Balaban J connectivity index is 2.11. The normalized spacial score (nSPS) is 10.2. The van der Waals surface area contributed by atoms with Crippen LogP contribution in [0.25, 0.3) is 0 Å². The molecule has 2 aromatic heterocycles. The molecule has 1 amide bonds. The first kappa shape index (κ1) is 11.7. The lowest BCUT2D eigenvalue weighted by Gasteiger charge is -2.02. The van der Waals surface area contributed by atoms with Crippen molar-refractivity contribution in [2.45, 2.75) is 13.5 Å². The van der Waals surface area contributed by atoms with E-state index in [0.717, 1.165) is 10.7 Å². The van der Waals surface area contributed by atoms with Crippen LogP contribution in [0.3, 0.4) is 0 Å². The van der Waals surface area contributed by atoms with E-state index >= 15 is 0 Å². The molecule has 2 aromatic rings. The van der Waals surface area contributed by atoms with Crippen molar-refractivity contribution in [3.8, 4) is 0 Å². The number of thiazole rings is 1. The fourth-order valence-corrected chi connectivity index (χ4v) is 1.96. The highest BCUT2D eigenvalue weighted by Crippen LogP contribution is 2.11. The summed E-state index contributed by atoms with van der Waals surface area (Å²) in [7, 11) is 0. The number of carbonyl (C=O) groups is 1. The molecule has 2 heterocycles. The molecule has 0 atom stereocenters. The van der Waals surface area contributed by atoms with Crippen molar-refractivity contribution in [3.63, 3.8) is 0 Å². The SMILES string of the molecule is Cc1cccc(NC(=O)c2csc(CN)n2)n1. The van der Waals surface area contributed by atoms with Crippen molar-refractivity contribution in [2.75, 3.05) is 5.32 Å². The van der Waals surface area contributed by atoms with E-state index in [1.807, 2.05) is 19.1 Å². The summed E-state index contributed by atoms with van der Waals surface area (Å²) in [4.78, 5) is 20.1. The number of rotatable bonds is 3. The first-order chi connectivity index (χ1) is 8.19. The number of anilines is 1. The molecular weight excluding hydrogens is 236 g/mol. The van der Waals surface area contributed by atoms with Gasteiger partial charge in [-0.2, -0.15) is 0 Å². The summed E-state index contributed by atoms with van der Waals surface area (Å²) < 4.78 is 0. The lowest BCUT2D eigenvalue weighted by Crippen LogP contribution is -2.13. The van der Waals surface area contributed by atoms with E-state index in [0.29, 0.717) is 18.1 Å². The Hall–Kier alpha value is -1.79. The van der Waals surface area contributed by atoms with Crippen LogP contribution in [0.1, 0.15) is 21.2 Å². The zero-order valence-corrected chi connectivity index (χ0v) is 10.1. The van der Waals surface area contributed by atoms with Crippen LogP contribution in [0.4, 0.5) is 5.82 Å². The zero-order chi connectivity index (χ0) is 12.3. The van der Waals surface area contributed by atoms with E-state index in [2.05, 4.69) is 15.3 Å². The van der Waals surface area contributed by atoms with Crippen molar-refractivity contribution in [1.82, 2.24) is 9.97 Å². The van der Waals surface area contributed by atoms with Crippen molar-refractivity contribution in [3.05, 3.63) is 40.0 Å². The van der Waals surface area contributed by atoms with Gasteiger partial charge in [0.25, 0.3) is 5.91 Å². The molecule has 0 saturated carbocycles. The standard InChI is InChI=1S/C11H12N4OS/c1-7-3-2-4-9(13-7)15-11(16)8-6-17-10(5-12)14-8/h2-4,6H,5,12H2,1H3,(H,13,15,16). The van der Waals surface area contributed by atoms with E-state index in [-0.39, 0.29) is 5.91 Å². The van der Waals surface area contributed by atoms with Crippen LogP contribution in [0.5, 0.6) is 0 Å². The third-order valence-corrected chi connectivity index (χ3v) is 2.96. The van der Waals surface area contributed by atoms with Gasteiger partial charge in [-0.05, 0) is 19.1 Å². The maximum Gasteiger partial charge on any atom is 0.276 e. The molecule has 0 aliphatic rings. The average Bonchev–Trinajstić information content (AvgIpc) is 2.77. The Kier molecular flexibility index (Phi) is 3.46. The first-order valence-electron chi connectivity index (χ1n) is 5.08. The van der Waals surface area contributed by atoms with Gasteiger partial charge in [-0.3, -0.25) is 4.79 Å². The van der Waals surface area contributed by atoms with Gasteiger partial charge in [0.2, 0.25) is 0 Å². The lowest BCUT2D eigenvalue weighted by molar-refractivity contribution is 0.102. The molecule has 0 aliphatic carbocycles. The van der Waals surface area contributed by atoms with Crippen LogP contribution < -0.4 is 11.1 Å². The summed E-state index contributed by atoms with van der Waals surface area (Å²) in [6.45, 7) is 2.21. The highest BCUT2D eigenvalue weighted by Gasteiger charge is 2.10. The lowest BCUT2D eigenvalue weighted by atomic mass is 10.3. The highest BCUT2D eigenvalue weighted by atomic mass is 32.1. The average molecular weight is 248 g/mol. The van der Waals surface area contributed by atoms with Crippen molar-refractivity contribution < 1.29 is 4.79 Å². The largest absolute Gasteiger partial charge is 0.325 e. The van der Waals surface area contributed by atoms with Crippen LogP contribution in [-0.2, 0) is 6.54 Å². The van der Waals surface area contributed by atoms with Crippen molar-refractivity contribution >= 4 is 23.1 Å². The second kappa shape index (κ2) is 5.03. The third-order valence-electron chi connectivity index (χ3n) is 2.09. The number of nitrogens with one attached hydrogen (secondary N) is 1. The van der Waals surface area contributed by atoms with Crippen LogP contribution >= 0.6 is 11.3 Å². The molecule has 0 saturated heterocycles. The van der Waals surface area contributed by atoms with Gasteiger partial charge < -0.3 is 11.1 Å². The Labute approximate surface area is 103 Å². The Morgan fingerprint density at radius 1 is 1.47 bits per heavy atom. The molecule has 0 aliphatic heterocycles. The first-order valence-corrected chi connectivity index (χ1v) is 5.96. The predicted octanol–water partition coefficient (Wildman–Crippen LogP) is 1.56. The molecule has 6 heteroatoms. The minimum Gasteiger partial charge on any atom is -0.325 e. The fraction of sp³-hybridized carbons (Fsp3) is 0.182. The summed E-state index contributed by atoms with van der Waals surface area (Å²) >= 11 is 1.37. The molecule has 0 aromatic carbocycles.